The highest BCUT2D eigenvalue weighted by molar-refractivity contribution is 14.1. The molecule has 0 bridgehead atoms. The average Bonchev–Trinajstić information content (AvgIpc) is 2.55. The predicted molar refractivity (Wildman–Crippen MR) is 71.4 cm³/mol. The zero-order chi connectivity index (χ0) is 12.6. The Balaban J connectivity index is 2.76. The van der Waals surface area contributed by atoms with E-state index in [9.17, 15) is 9.90 Å². The first kappa shape index (κ1) is 12.3. The third kappa shape index (κ3) is 2.13. The van der Waals surface area contributed by atoms with Gasteiger partial charge in [-0.05, 0) is 42.0 Å². The first-order valence-electron chi connectivity index (χ1n) is 5.32. The van der Waals surface area contributed by atoms with Crippen LogP contribution in [-0.4, -0.2) is 25.7 Å². The van der Waals surface area contributed by atoms with Gasteiger partial charge in [0.25, 0.3) is 0 Å². The summed E-state index contributed by atoms with van der Waals surface area (Å²) in [6.45, 7) is 3.89. The first-order chi connectivity index (χ1) is 8.04. The van der Waals surface area contributed by atoms with Crippen LogP contribution in [0, 0.1) is 10.5 Å². The van der Waals surface area contributed by atoms with Crippen molar-refractivity contribution >= 4 is 34.2 Å². The van der Waals surface area contributed by atoms with Gasteiger partial charge in [0.05, 0.1) is 9.26 Å². The van der Waals surface area contributed by atoms with Gasteiger partial charge in [0, 0.05) is 5.69 Å². The summed E-state index contributed by atoms with van der Waals surface area (Å²) in [6.07, 6.45) is 1.71. The lowest BCUT2D eigenvalue weighted by atomic mass is 10.2. The van der Waals surface area contributed by atoms with Crippen molar-refractivity contribution in [1.82, 2.24) is 14.6 Å². The number of hydrogen-bond donors (Lipinski definition) is 1. The van der Waals surface area contributed by atoms with Crippen LogP contribution in [0.5, 0.6) is 0 Å². The quantitative estimate of drug-likeness (QED) is 0.867. The Morgan fingerprint density at radius 2 is 2.29 bits per heavy atom. The zero-order valence-corrected chi connectivity index (χ0v) is 11.7. The summed E-state index contributed by atoms with van der Waals surface area (Å²) in [5, 5.41) is 13.4. The Morgan fingerprint density at radius 3 is 2.88 bits per heavy atom. The smallest absolute Gasteiger partial charge is 0.354 e. The first-order valence-corrected chi connectivity index (χ1v) is 6.40. The number of aromatic nitrogens is 3. The molecule has 90 valence electrons. The molecule has 2 aromatic rings. The highest BCUT2D eigenvalue weighted by Gasteiger charge is 2.16. The van der Waals surface area contributed by atoms with Crippen LogP contribution >= 0.6 is 22.6 Å². The van der Waals surface area contributed by atoms with Crippen LogP contribution in [0.2, 0.25) is 0 Å². The summed E-state index contributed by atoms with van der Waals surface area (Å²) >= 11 is 2.14. The van der Waals surface area contributed by atoms with E-state index in [1.165, 1.54) is 4.52 Å². The van der Waals surface area contributed by atoms with Gasteiger partial charge in [-0.25, -0.2) is 14.3 Å². The number of aromatic carboxylic acids is 1. The second-order valence-electron chi connectivity index (χ2n) is 3.82. The minimum atomic E-state index is -0.978. The molecular weight excluding hydrogens is 333 g/mol. The molecule has 17 heavy (non-hydrogen) atoms. The van der Waals surface area contributed by atoms with Gasteiger partial charge >= 0.3 is 5.97 Å². The van der Waals surface area contributed by atoms with E-state index in [2.05, 4.69) is 32.7 Å². The van der Waals surface area contributed by atoms with E-state index >= 15 is 0 Å². The average molecular weight is 345 g/mol. The maximum atomic E-state index is 11.2. The minimum Gasteiger partial charge on any atom is -0.477 e. The number of halogens is 1. The van der Waals surface area contributed by atoms with E-state index in [1.807, 2.05) is 13.8 Å². The Morgan fingerprint density at radius 1 is 1.59 bits per heavy atom. The summed E-state index contributed by atoms with van der Waals surface area (Å²) in [5.74, 6) is -0.978. The van der Waals surface area contributed by atoms with Crippen molar-refractivity contribution < 1.29 is 9.90 Å². The van der Waals surface area contributed by atoms with Crippen LogP contribution in [0.4, 0.5) is 0 Å². The van der Waals surface area contributed by atoms with Crippen molar-refractivity contribution in [1.29, 1.82) is 0 Å². The van der Waals surface area contributed by atoms with Gasteiger partial charge in [0.2, 0.25) is 0 Å². The Bertz CT molecular complexity index is 592. The highest BCUT2D eigenvalue weighted by atomic mass is 127. The molecule has 0 aliphatic rings. The lowest BCUT2D eigenvalue weighted by molar-refractivity contribution is 0.0687. The molecular formula is C11H12IN3O2. The van der Waals surface area contributed by atoms with Crippen molar-refractivity contribution in [3.05, 3.63) is 26.7 Å². The van der Waals surface area contributed by atoms with Gasteiger partial charge in [-0.3, -0.25) is 0 Å². The monoisotopic (exact) mass is 345 g/mol. The fraction of sp³-hybridized carbons (Fsp3) is 0.364. The SMILES string of the molecule is CCCc1cc(C(=O)O)n2nc(C)c(I)c2n1. The van der Waals surface area contributed by atoms with Gasteiger partial charge in [-0.2, -0.15) is 5.10 Å². The molecule has 0 radical (unpaired) electrons. The van der Waals surface area contributed by atoms with Gasteiger partial charge in [0.15, 0.2) is 11.3 Å². The number of hydrogen-bond acceptors (Lipinski definition) is 3. The fourth-order valence-corrected chi connectivity index (χ4v) is 2.14. The van der Waals surface area contributed by atoms with Crippen LogP contribution in [0.25, 0.3) is 5.65 Å². The van der Waals surface area contributed by atoms with Gasteiger partial charge < -0.3 is 5.11 Å². The third-order valence-corrected chi connectivity index (χ3v) is 3.73. The summed E-state index contributed by atoms with van der Waals surface area (Å²) in [6, 6.07) is 1.60. The van der Waals surface area contributed by atoms with Crippen LogP contribution in [-0.2, 0) is 6.42 Å². The van der Waals surface area contributed by atoms with E-state index in [4.69, 9.17) is 0 Å². The molecule has 6 heteroatoms. The molecule has 2 rings (SSSR count). The largest absolute Gasteiger partial charge is 0.477 e. The van der Waals surface area contributed by atoms with Gasteiger partial charge in [-0.1, -0.05) is 13.3 Å². The molecule has 0 amide bonds. The minimum absolute atomic E-state index is 0.171. The molecule has 0 aromatic carbocycles. The molecule has 0 spiro atoms. The number of carboxylic acid groups (broad SMARTS) is 1. The van der Waals surface area contributed by atoms with Crippen molar-refractivity contribution in [3.8, 4) is 0 Å². The molecule has 0 aliphatic heterocycles. The van der Waals surface area contributed by atoms with E-state index < -0.39 is 5.97 Å². The molecule has 0 saturated heterocycles. The van der Waals surface area contributed by atoms with E-state index in [0.29, 0.717) is 5.65 Å². The number of fused-ring (bicyclic) bond motifs is 1. The molecule has 2 heterocycles. The zero-order valence-electron chi connectivity index (χ0n) is 9.57. The maximum Gasteiger partial charge on any atom is 0.354 e. The summed E-state index contributed by atoms with van der Waals surface area (Å²) in [7, 11) is 0. The van der Waals surface area contributed by atoms with E-state index in [1.54, 1.807) is 6.07 Å². The Kier molecular flexibility index (Phi) is 3.32. The van der Waals surface area contributed by atoms with Crippen LogP contribution < -0.4 is 0 Å². The lowest BCUT2D eigenvalue weighted by Gasteiger charge is -2.03. The standard InChI is InChI=1S/C11H12IN3O2/c1-3-4-7-5-8(11(16)17)15-10(13-7)9(12)6(2)14-15/h5H,3-4H2,1-2H3,(H,16,17). The second-order valence-corrected chi connectivity index (χ2v) is 4.90. The van der Waals surface area contributed by atoms with Crippen LogP contribution in [0.3, 0.4) is 0 Å². The molecule has 0 unspecified atom stereocenters. The number of aryl methyl sites for hydroxylation is 2. The van der Waals surface area contributed by atoms with E-state index in [-0.39, 0.29) is 5.69 Å². The van der Waals surface area contributed by atoms with Gasteiger partial charge in [0.1, 0.15) is 0 Å². The number of rotatable bonds is 3. The lowest BCUT2D eigenvalue weighted by Crippen LogP contribution is -2.09. The molecule has 2 aromatic heterocycles. The topological polar surface area (TPSA) is 67.5 Å². The van der Waals surface area contributed by atoms with Crippen molar-refractivity contribution in [2.24, 2.45) is 0 Å². The Labute approximate surface area is 112 Å². The third-order valence-electron chi connectivity index (χ3n) is 2.47. The number of carboxylic acids is 1. The Hall–Kier alpha value is -1.18. The van der Waals surface area contributed by atoms with E-state index in [0.717, 1.165) is 27.8 Å². The number of nitrogens with zero attached hydrogens (tertiary/aromatic N) is 3. The normalized spacial score (nSPS) is 11.0. The van der Waals surface area contributed by atoms with Crippen LogP contribution in [0.1, 0.15) is 35.2 Å². The fourth-order valence-electron chi connectivity index (χ4n) is 1.68. The number of carbonyl (C=O) groups is 1. The summed E-state index contributed by atoms with van der Waals surface area (Å²) in [4.78, 5) is 15.7. The molecule has 0 aliphatic carbocycles. The van der Waals surface area contributed by atoms with Crippen molar-refractivity contribution in [2.45, 2.75) is 26.7 Å². The second kappa shape index (κ2) is 4.59. The predicted octanol–water partition coefficient (Wildman–Crippen LogP) is 2.29. The highest BCUT2D eigenvalue weighted by Crippen LogP contribution is 2.18. The maximum absolute atomic E-state index is 11.2. The summed E-state index contributed by atoms with van der Waals surface area (Å²) < 4.78 is 2.31. The summed E-state index contributed by atoms with van der Waals surface area (Å²) in [5.41, 5.74) is 2.40. The van der Waals surface area contributed by atoms with Gasteiger partial charge in [-0.15, -0.1) is 0 Å². The molecule has 0 saturated carbocycles. The molecule has 0 atom stereocenters. The molecule has 1 N–H and O–H groups in total. The van der Waals surface area contributed by atoms with Crippen LogP contribution in [0.15, 0.2) is 6.07 Å². The molecule has 5 nitrogen and oxygen atoms in total. The molecule has 0 fully saturated rings. The van der Waals surface area contributed by atoms with Crippen molar-refractivity contribution in [2.75, 3.05) is 0 Å². The van der Waals surface area contributed by atoms with Crippen molar-refractivity contribution in [3.63, 3.8) is 0 Å².